The van der Waals surface area contributed by atoms with Crippen LogP contribution in [0.1, 0.15) is 8.22 Å². The lowest BCUT2D eigenvalue weighted by Crippen LogP contribution is -2.00. The van der Waals surface area contributed by atoms with Gasteiger partial charge in [-0.05, 0) is 28.8 Å². The van der Waals surface area contributed by atoms with Crippen LogP contribution in [0.3, 0.4) is 0 Å². The van der Waals surface area contributed by atoms with Crippen molar-refractivity contribution in [2.24, 2.45) is 0 Å². The van der Waals surface area contributed by atoms with Crippen molar-refractivity contribution in [3.05, 3.63) is 152 Å². The fraction of sp³-hybridized carbons (Fsp3) is 0. The number of hydrogen-bond donors (Lipinski definition) is 0. The van der Waals surface area contributed by atoms with Gasteiger partial charge in [0.1, 0.15) is 11.2 Å². The Morgan fingerprint density at radius 2 is 0.953 bits per heavy atom. The zero-order chi connectivity index (χ0) is 33.8. The summed E-state index contributed by atoms with van der Waals surface area (Å²) < 4.78 is 60.3. The topological polar surface area (TPSA) is 51.8 Å². The number of furan rings is 1. The molecule has 0 atom stereocenters. The van der Waals surface area contributed by atoms with E-state index in [4.69, 9.17) is 16.3 Å². The molecular formula is C39H25N3O. The molecule has 0 saturated heterocycles. The van der Waals surface area contributed by atoms with Crippen LogP contribution in [0, 0.1) is 0 Å². The van der Waals surface area contributed by atoms with Gasteiger partial charge in [-0.25, -0.2) is 15.0 Å². The van der Waals surface area contributed by atoms with Crippen molar-refractivity contribution in [2.75, 3.05) is 0 Å². The molecule has 43 heavy (non-hydrogen) atoms. The summed E-state index contributed by atoms with van der Waals surface area (Å²) in [7, 11) is 0. The van der Waals surface area contributed by atoms with Gasteiger partial charge in [0.2, 0.25) is 0 Å². The first kappa shape index (κ1) is 19.3. The summed E-state index contributed by atoms with van der Waals surface area (Å²) >= 11 is 0. The Hall–Kier alpha value is -5.87. The number of aromatic nitrogens is 3. The van der Waals surface area contributed by atoms with Crippen molar-refractivity contribution < 1.29 is 12.6 Å². The summed E-state index contributed by atoms with van der Waals surface area (Å²) in [6, 6.07) is 34.3. The first-order chi connectivity index (χ1) is 23.8. The highest BCUT2D eigenvalue weighted by Gasteiger charge is 2.16. The summed E-state index contributed by atoms with van der Waals surface area (Å²) in [4.78, 5) is 14.1. The van der Waals surface area contributed by atoms with Gasteiger partial charge < -0.3 is 4.42 Å². The molecule has 2 aromatic heterocycles. The Morgan fingerprint density at radius 1 is 0.442 bits per heavy atom. The predicted molar refractivity (Wildman–Crippen MR) is 174 cm³/mol. The third-order valence-electron chi connectivity index (χ3n) is 7.27. The molecule has 2 heterocycles. The lowest BCUT2D eigenvalue weighted by Gasteiger charge is -2.08. The molecule has 0 aliphatic heterocycles. The highest BCUT2D eigenvalue weighted by atomic mass is 16.3. The molecule has 8 aromatic rings. The fourth-order valence-corrected chi connectivity index (χ4v) is 5.11. The summed E-state index contributed by atoms with van der Waals surface area (Å²) in [5.41, 5.74) is 4.32. The second-order valence-corrected chi connectivity index (χ2v) is 9.99. The number of fused-ring (bicyclic) bond motifs is 3. The molecule has 0 aliphatic rings. The molecule has 8 rings (SSSR count). The molecule has 0 bridgehead atoms. The summed E-state index contributed by atoms with van der Waals surface area (Å²) in [6.07, 6.45) is 0. The number of hydrogen-bond acceptors (Lipinski definition) is 4. The van der Waals surface area contributed by atoms with Crippen LogP contribution >= 0.6 is 0 Å². The van der Waals surface area contributed by atoms with Crippen molar-refractivity contribution in [1.29, 1.82) is 0 Å². The Kier molecular flexibility index (Phi) is 4.71. The maximum atomic E-state index is 9.32. The molecule has 0 N–H and O–H groups in total. The minimum Gasteiger partial charge on any atom is -0.455 e. The first-order valence-corrected chi connectivity index (χ1v) is 13.8. The van der Waals surface area contributed by atoms with E-state index in [-0.39, 0.29) is 75.1 Å². The lowest BCUT2D eigenvalue weighted by molar-refractivity contribution is 0.670. The van der Waals surface area contributed by atoms with Gasteiger partial charge in [0, 0.05) is 33.0 Å². The van der Waals surface area contributed by atoms with Gasteiger partial charge in [0.05, 0.1) is 8.22 Å². The van der Waals surface area contributed by atoms with Crippen LogP contribution in [0.25, 0.3) is 78.4 Å². The highest BCUT2D eigenvalue weighted by molar-refractivity contribution is 6.10. The first-order valence-electron chi connectivity index (χ1n) is 16.8. The van der Waals surface area contributed by atoms with Gasteiger partial charge in [-0.15, -0.1) is 0 Å². The Bertz CT molecular complexity index is 2480. The third-order valence-corrected chi connectivity index (χ3v) is 7.27. The molecule has 0 fully saturated rings. The van der Waals surface area contributed by atoms with Crippen LogP contribution < -0.4 is 0 Å². The standard InChI is InChI=1S/C39H25N3O/c1-4-11-26(12-5-1)27-19-21-28(22-20-27)32-17-10-18-34-33-24-23-31(25-35(33)43-36(32)34)39-41-37(29-13-6-2-7-14-29)40-38(42-39)30-15-8-3-9-16-30/h1-25H/i10D,17D,18D,23D,24D,25D. The van der Waals surface area contributed by atoms with E-state index in [0.717, 1.165) is 11.1 Å². The maximum Gasteiger partial charge on any atom is 0.164 e. The molecule has 0 unspecified atom stereocenters. The van der Waals surface area contributed by atoms with Crippen molar-refractivity contribution in [3.63, 3.8) is 0 Å². The largest absolute Gasteiger partial charge is 0.455 e. The highest BCUT2D eigenvalue weighted by Crippen LogP contribution is 2.38. The zero-order valence-corrected chi connectivity index (χ0v) is 22.7. The van der Waals surface area contributed by atoms with Gasteiger partial charge in [-0.3, -0.25) is 0 Å². The summed E-state index contributed by atoms with van der Waals surface area (Å²) in [5.74, 6) is 0.711. The van der Waals surface area contributed by atoms with E-state index < -0.39 is 0 Å². The molecular weight excluding hydrogens is 526 g/mol. The van der Waals surface area contributed by atoms with Crippen LogP contribution in [0.4, 0.5) is 0 Å². The second-order valence-electron chi connectivity index (χ2n) is 9.99. The number of nitrogens with zero attached hydrogens (tertiary/aromatic N) is 3. The molecule has 0 saturated carbocycles. The Labute approximate surface area is 257 Å². The van der Waals surface area contributed by atoms with Crippen LogP contribution in [-0.4, -0.2) is 15.0 Å². The quantitative estimate of drug-likeness (QED) is 0.211. The SMILES string of the molecule is [2H]c1c([2H])c([2H])c2c(oc3c([2H])c(-c4nc(-c5ccccc5)nc(-c5ccccc5)n4)c([2H])c([2H])c32)c1-c1ccc(-c2ccccc2)cc1. The minimum atomic E-state index is -0.337. The fourth-order valence-electron chi connectivity index (χ4n) is 5.11. The minimum absolute atomic E-state index is 0.0224. The average Bonchev–Trinajstić information content (AvgIpc) is 3.55. The molecule has 4 heteroatoms. The molecule has 0 aliphatic carbocycles. The van der Waals surface area contributed by atoms with E-state index in [1.54, 1.807) is 0 Å². The van der Waals surface area contributed by atoms with Crippen molar-refractivity contribution in [3.8, 4) is 56.4 Å². The van der Waals surface area contributed by atoms with Crippen LogP contribution in [0.5, 0.6) is 0 Å². The van der Waals surface area contributed by atoms with E-state index in [1.165, 1.54) is 0 Å². The molecule has 6 aromatic carbocycles. The third kappa shape index (κ3) is 4.65. The lowest BCUT2D eigenvalue weighted by atomic mass is 9.99. The van der Waals surface area contributed by atoms with Gasteiger partial charge in [0.15, 0.2) is 17.5 Å². The smallest absolute Gasteiger partial charge is 0.164 e. The molecule has 202 valence electrons. The van der Waals surface area contributed by atoms with E-state index in [9.17, 15) is 1.37 Å². The number of benzene rings is 6. The average molecular weight is 558 g/mol. The molecule has 4 nitrogen and oxygen atoms in total. The molecule has 0 radical (unpaired) electrons. The second kappa shape index (κ2) is 10.5. The summed E-state index contributed by atoms with van der Waals surface area (Å²) in [5, 5.41) is 0.178. The maximum absolute atomic E-state index is 9.32. The van der Waals surface area contributed by atoms with Crippen LogP contribution in [0.15, 0.2) is 156 Å². The van der Waals surface area contributed by atoms with Crippen molar-refractivity contribution in [1.82, 2.24) is 15.0 Å². The van der Waals surface area contributed by atoms with Gasteiger partial charge in [-0.1, -0.05) is 139 Å². The number of rotatable bonds is 5. The normalized spacial score (nSPS) is 13.2. The zero-order valence-electron chi connectivity index (χ0n) is 28.7. The molecule has 0 amide bonds. The van der Waals surface area contributed by atoms with E-state index in [1.807, 2.05) is 115 Å². The number of para-hydroxylation sites is 1. The van der Waals surface area contributed by atoms with Gasteiger partial charge >= 0.3 is 0 Å². The molecule has 0 spiro atoms. The van der Waals surface area contributed by atoms with Gasteiger partial charge in [0.25, 0.3) is 0 Å². The van der Waals surface area contributed by atoms with E-state index in [0.29, 0.717) is 28.3 Å². The van der Waals surface area contributed by atoms with Crippen LogP contribution in [0.2, 0.25) is 0 Å². The Morgan fingerprint density at radius 3 is 1.56 bits per heavy atom. The van der Waals surface area contributed by atoms with E-state index >= 15 is 0 Å². The van der Waals surface area contributed by atoms with Crippen molar-refractivity contribution in [2.45, 2.75) is 0 Å². The summed E-state index contributed by atoms with van der Waals surface area (Å²) in [6.45, 7) is 0. The van der Waals surface area contributed by atoms with E-state index in [2.05, 4.69) is 9.97 Å². The van der Waals surface area contributed by atoms with Crippen LogP contribution in [-0.2, 0) is 0 Å². The Balaban J connectivity index is 1.38. The predicted octanol–water partition coefficient (Wildman–Crippen LogP) is 10.1. The van der Waals surface area contributed by atoms with Gasteiger partial charge in [-0.2, -0.15) is 0 Å². The monoisotopic (exact) mass is 557 g/mol. The van der Waals surface area contributed by atoms with Crippen molar-refractivity contribution >= 4 is 21.9 Å².